The van der Waals surface area contributed by atoms with Crippen molar-refractivity contribution in [1.29, 1.82) is 0 Å². The van der Waals surface area contributed by atoms with E-state index in [9.17, 15) is 13.2 Å². The number of ether oxygens (including phenoxy) is 2. The number of nitrogens with two attached hydrogens (primary N) is 1. The Kier molecular flexibility index (Phi) is 8.72. The second-order valence-corrected chi connectivity index (χ2v) is 12.2. The summed E-state index contributed by atoms with van der Waals surface area (Å²) in [5, 5.41) is 4.87. The lowest BCUT2D eigenvalue weighted by atomic mass is 9.93. The number of carbonyl (C=O) groups excluding carboxylic acids is 1. The fourth-order valence-electron chi connectivity index (χ4n) is 5.16. The molecule has 2 aromatic heterocycles. The van der Waals surface area contributed by atoms with Gasteiger partial charge in [-0.25, -0.2) is 28.2 Å². The Morgan fingerprint density at radius 1 is 1.00 bits per heavy atom. The number of benzene rings is 2. The Morgan fingerprint density at radius 2 is 1.81 bits per heavy atom. The summed E-state index contributed by atoms with van der Waals surface area (Å²) in [5.41, 5.74) is 7.82. The Labute approximate surface area is 244 Å². The minimum atomic E-state index is -3.47. The molecule has 0 spiro atoms. The molecule has 0 unspecified atom stereocenters. The Hall–Kier alpha value is -4.45. The summed E-state index contributed by atoms with van der Waals surface area (Å²) in [7, 11) is -3.47. The molecule has 2 aromatic carbocycles. The second kappa shape index (κ2) is 12.6. The number of aromatic nitrogens is 3. The number of nitrogens with zero attached hydrogens (tertiary/aromatic N) is 3. The lowest BCUT2D eigenvalue weighted by Gasteiger charge is -2.28. The number of amides is 1. The number of pyridine rings is 1. The molecule has 1 amide bonds. The summed E-state index contributed by atoms with van der Waals surface area (Å²) in [6.07, 6.45) is 5.97. The molecule has 220 valence electrons. The van der Waals surface area contributed by atoms with Crippen LogP contribution < -0.4 is 20.5 Å². The molecular formula is C30H34N6O5S. The highest BCUT2D eigenvalue weighted by Crippen LogP contribution is 2.39. The van der Waals surface area contributed by atoms with Crippen molar-refractivity contribution < 1.29 is 22.7 Å². The van der Waals surface area contributed by atoms with Gasteiger partial charge in [-0.1, -0.05) is 31.2 Å². The number of anilines is 2. The lowest BCUT2D eigenvalue weighted by Crippen LogP contribution is -2.32. The SMILES string of the molecule is CCCS(=O)(=O)Nc1cccc2c(Oc3ncccc3-c3ccnc(N[C@H]4CC[C@H](OC(N)=O)CC4)n3)c(C)ccc12. The zero-order valence-electron chi connectivity index (χ0n) is 23.5. The predicted octanol–water partition coefficient (Wildman–Crippen LogP) is 5.76. The fourth-order valence-corrected chi connectivity index (χ4v) is 6.32. The number of hydrogen-bond acceptors (Lipinski definition) is 9. The van der Waals surface area contributed by atoms with Crippen LogP contribution in [-0.4, -0.2) is 47.4 Å². The number of carbonyl (C=O) groups is 1. The highest BCUT2D eigenvalue weighted by molar-refractivity contribution is 7.92. The Balaban J connectivity index is 1.40. The quantitative estimate of drug-likeness (QED) is 0.209. The van der Waals surface area contributed by atoms with Gasteiger partial charge in [0.2, 0.25) is 21.9 Å². The van der Waals surface area contributed by atoms with Crippen molar-refractivity contribution in [2.45, 2.75) is 58.1 Å². The maximum Gasteiger partial charge on any atom is 0.404 e. The molecule has 0 bridgehead atoms. The molecule has 1 aliphatic rings. The standard InChI is InChI=1S/C30H34N6O5S/c1-3-18-42(38,39)36-26-8-4-6-23-22(26)14-9-19(2)27(23)41-28-24(7-5-16-32-28)25-15-17-33-30(35-25)34-20-10-12-21(13-11-20)40-29(31)37/h4-9,14-17,20-21,36H,3,10-13,18H2,1-2H3,(H2,31,37)(H,33,34,35)/t20-,21-. The van der Waals surface area contributed by atoms with E-state index in [0.717, 1.165) is 29.2 Å². The Bertz CT molecular complexity index is 1690. The zero-order chi connectivity index (χ0) is 29.7. The highest BCUT2D eigenvalue weighted by atomic mass is 32.2. The van der Waals surface area contributed by atoms with Gasteiger partial charge in [0.05, 0.1) is 22.7 Å². The minimum absolute atomic E-state index is 0.0383. The number of primary amides is 1. The molecule has 0 saturated heterocycles. The monoisotopic (exact) mass is 590 g/mol. The number of fused-ring (bicyclic) bond motifs is 1. The van der Waals surface area contributed by atoms with Gasteiger partial charge in [0, 0.05) is 29.2 Å². The number of nitrogens with one attached hydrogen (secondary N) is 2. The molecule has 0 aliphatic heterocycles. The van der Waals surface area contributed by atoms with E-state index in [1.165, 1.54) is 0 Å². The predicted molar refractivity (Wildman–Crippen MR) is 162 cm³/mol. The molecule has 0 atom stereocenters. The van der Waals surface area contributed by atoms with E-state index in [0.29, 0.717) is 53.8 Å². The zero-order valence-corrected chi connectivity index (χ0v) is 24.4. The van der Waals surface area contributed by atoms with Crippen LogP contribution in [0.2, 0.25) is 0 Å². The summed E-state index contributed by atoms with van der Waals surface area (Å²) in [6.45, 7) is 3.76. The van der Waals surface area contributed by atoms with Crippen molar-refractivity contribution in [2.75, 3.05) is 15.8 Å². The van der Waals surface area contributed by atoms with Gasteiger partial charge in [0.25, 0.3) is 0 Å². The molecule has 1 aliphatic carbocycles. The smallest absolute Gasteiger partial charge is 0.404 e. The van der Waals surface area contributed by atoms with E-state index in [4.69, 9.17) is 20.2 Å². The fraction of sp³-hybridized carbons (Fsp3) is 0.333. The molecule has 1 fully saturated rings. The van der Waals surface area contributed by atoms with E-state index >= 15 is 0 Å². The first-order chi connectivity index (χ1) is 20.2. The summed E-state index contributed by atoms with van der Waals surface area (Å²) >= 11 is 0. The van der Waals surface area contributed by atoms with Gasteiger partial charge in [-0.15, -0.1) is 0 Å². The van der Waals surface area contributed by atoms with Gasteiger partial charge in [0.15, 0.2) is 0 Å². The topological polar surface area (TPSA) is 158 Å². The van der Waals surface area contributed by atoms with Crippen molar-refractivity contribution in [1.82, 2.24) is 15.0 Å². The van der Waals surface area contributed by atoms with E-state index in [1.807, 2.05) is 44.2 Å². The molecular weight excluding hydrogens is 556 g/mol. The molecule has 42 heavy (non-hydrogen) atoms. The van der Waals surface area contributed by atoms with Crippen LogP contribution in [0.1, 0.15) is 44.6 Å². The minimum Gasteiger partial charge on any atom is -0.446 e. The number of aryl methyl sites for hydroxylation is 1. The van der Waals surface area contributed by atoms with Crippen LogP contribution in [-0.2, 0) is 14.8 Å². The maximum absolute atomic E-state index is 12.5. The van der Waals surface area contributed by atoms with Crippen LogP contribution >= 0.6 is 0 Å². The van der Waals surface area contributed by atoms with Gasteiger partial charge >= 0.3 is 6.09 Å². The first-order valence-corrected chi connectivity index (χ1v) is 15.6. The van der Waals surface area contributed by atoms with Gasteiger partial charge in [-0.2, -0.15) is 0 Å². The van der Waals surface area contributed by atoms with E-state index in [1.54, 1.807) is 30.6 Å². The summed E-state index contributed by atoms with van der Waals surface area (Å²) in [5.74, 6) is 1.45. The second-order valence-electron chi connectivity index (χ2n) is 10.3. The maximum atomic E-state index is 12.5. The van der Waals surface area contributed by atoms with Crippen molar-refractivity contribution in [3.63, 3.8) is 0 Å². The van der Waals surface area contributed by atoms with Crippen LogP contribution in [0.25, 0.3) is 22.0 Å². The largest absolute Gasteiger partial charge is 0.446 e. The lowest BCUT2D eigenvalue weighted by molar-refractivity contribution is 0.0805. The molecule has 0 radical (unpaired) electrons. The third-order valence-corrected chi connectivity index (χ3v) is 8.62. The van der Waals surface area contributed by atoms with E-state index < -0.39 is 16.1 Å². The molecule has 1 saturated carbocycles. The van der Waals surface area contributed by atoms with Gasteiger partial charge < -0.3 is 20.5 Å². The molecule has 4 N–H and O–H groups in total. The first kappa shape index (κ1) is 29.1. The summed E-state index contributed by atoms with van der Waals surface area (Å²) in [6, 6.07) is 14.8. The highest BCUT2D eigenvalue weighted by Gasteiger charge is 2.24. The van der Waals surface area contributed by atoms with Crippen LogP contribution in [0, 0.1) is 6.92 Å². The average Bonchev–Trinajstić information content (AvgIpc) is 2.96. The van der Waals surface area contributed by atoms with Gasteiger partial charge in [-0.05, 0) is 68.9 Å². The van der Waals surface area contributed by atoms with Crippen LogP contribution in [0.5, 0.6) is 11.6 Å². The molecule has 4 aromatic rings. The summed E-state index contributed by atoms with van der Waals surface area (Å²) in [4.78, 5) is 24.7. The normalized spacial score (nSPS) is 17.0. The molecule has 11 nitrogen and oxygen atoms in total. The van der Waals surface area contributed by atoms with Gasteiger partial charge in [-0.3, -0.25) is 4.72 Å². The van der Waals surface area contributed by atoms with Crippen LogP contribution in [0.4, 0.5) is 16.4 Å². The first-order valence-electron chi connectivity index (χ1n) is 13.9. The molecule has 12 heteroatoms. The number of hydrogen-bond donors (Lipinski definition) is 3. The summed E-state index contributed by atoms with van der Waals surface area (Å²) < 4.78 is 39.3. The van der Waals surface area contributed by atoms with Crippen molar-refractivity contribution in [2.24, 2.45) is 5.73 Å². The number of sulfonamides is 1. The molecule has 5 rings (SSSR count). The van der Waals surface area contributed by atoms with E-state index in [2.05, 4.69) is 20.0 Å². The average molecular weight is 591 g/mol. The Morgan fingerprint density at radius 3 is 2.57 bits per heavy atom. The van der Waals surface area contributed by atoms with Crippen molar-refractivity contribution in [3.05, 3.63) is 66.5 Å². The third-order valence-electron chi connectivity index (χ3n) is 7.14. The number of rotatable bonds is 10. The van der Waals surface area contributed by atoms with Gasteiger partial charge in [0.1, 0.15) is 11.9 Å². The third kappa shape index (κ3) is 6.88. The van der Waals surface area contributed by atoms with Crippen molar-refractivity contribution in [3.8, 4) is 22.9 Å². The molecule has 2 heterocycles. The van der Waals surface area contributed by atoms with E-state index in [-0.39, 0.29) is 17.9 Å². The van der Waals surface area contributed by atoms with Crippen LogP contribution in [0.3, 0.4) is 0 Å². The van der Waals surface area contributed by atoms with Crippen LogP contribution in [0.15, 0.2) is 60.9 Å². The van der Waals surface area contributed by atoms with Crippen molar-refractivity contribution >= 4 is 38.5 Å².